The van der Waals surface area contributed by atoms with Crippen molar-refractivity contribution in [3.05, 3.63) is 0 Å². The van der Waals surface area contributed by atoms with Gasteiger partial charge in [-0.2, -0.15) is 0 Å². The fourth-order valence-corrected chi connectivity index (χ4v) is 2.54. The van der Waals surface area contributed by atoms with Gasteiger partial charge in [-0.15, -0.1) is 0 Å². The summed E-state index contributed by atoms with van der Waals surface area (Å²) >= 11 is 0. The van der Waals surface area contributed by atoms with E-state index >= 15 is 0 Å². The standard InChI is InChI=1S/C13H27N/c1-4-9-14-10-12-5-7-13(8-6-12)11(2)3/h11-14H,4-10H2,1-3H3. The molecule has 1 nitrogen and oxygen atoms in total. The molecule has 0 spiro atoms. The second kappa shape index (κ2) is 6.44. The molecule has 0 aromatic rings. The molecule has 0 bridgehead atoms. The number of nitrogens with one attached hydrogen (secondary N) is 1. The highest BCUT2D eigenvalue weighted by molar-refractivity contribution is 4.75. The van der Waals surface area contributed by atoms with Crippen molar-refractivity contribution in [3.63, 3.8) is 0 Å². The predicted octanol–water partition coefficient (Wildman–Crippen LogP) is 3.45. The van der Waals surface area contributed by atoms with E-state index in [0.717, 1.165) is 17.8 Å². The van der Waals surface area contributed by atoms with Crippen molar-refractivity contribution in [2.45, 2.75) is 52.9 Å². The van der Waals surface area contributed by atoms with Gasteiger partial charge in [0.1, 0.15) is 0 Å². The van der Waals surface area contributed by atoms with Gasteiger partial charge >= 0.3 is 0 Å². The van der Waals surface area contributed by atoms with Gasteiger partial charge in [-0.1, -0.05) is 20.8 Å². The van der Waals surface area contributed by atoms with Crippen LogP contribution in [0.4, 0.5) is 0 Å². The van der Waals surface area contributed by atoms with E-state index in [9.17, 15) is 0 Å². The second-order valence-corrected chi connectivity index (χ2v) is 5.23. The summed E-state index contributed by atoms with van der Waals surface area (Å²) in [6.45, 7) is 9.45. The normalized spacial score (nSPS) is 28.3. The molecular formula is C13H27N. The van der Waals surface area contributed by atoms with Gasteiger partial charge in [0.15, 0.2) is 0 Å². The lowest BCUT2D eigenvalue weighted by molar-refractivity contribution is 0.221. The third kappa shape index (κ3) is 4.00. The average molecular weight is 197 g/mol. The van der Waals surface area contributed by atoms with Crippen LogP contribution in [0.3, 0.4) is 0 Å². The minimum absolute atomic E-state index is 0.902. The molecule has 1 aliphatic carbocycles. The lowest BCUT2D eigenvalue weighted by Gasteiger charge is -2.30. The predicted molar refractivity (Wildman–Crippen MR) is 63.4 cm³/mol. The Balaban J connectivity index is 2.09. The Bertz CT molecular complexity index is 134. The maximum Gasteiger partial charge on any atom is -0.00205 e. The van der Waals surface area contributed by atoms with E-state index in [2.05, 4.69) is 26.1 Å². The molecule has 84 valence electrons. The molecule has 0 amide bonds. The molecule has 0 aromatic carbocycles. The minimum atomic E-state index is 0.902. The number of hydrogen-bond acceptors (Lipinski definition) is 1. The Labute approximate surface area is 89.7 Å². The van der Waals surface area contributed by atoms with Crippen LogP contribution in [-0.4, -0.2) is 13.1 Å². The molecule has 1 rings (SSSR count). The van der Waals surface area contributed by atoms with Gasteiger partial charge in [0.2, 0.25) is 0 Å². The Morgan fingerprint density at radius 2 is 1.79 bits per heavy atom. The summed E-state index contributed by atoms with van der Waals surface area (Å²) in [6, 6.07) is 0. The molecule has 0 aliphatic heterocycles. The van der Waals surface area contributed by atoms with E-state index < -0.39 is 0 Å². The van der Waals surface area contributed by atoms with Gasteiger partial charge in [-0.3, -0.25) is 0 Å². The first kappa shape index (κ1) is 12.0. The quantitative estimate of drug-likeness (QED) is 0.666. The fraction of sp³-hybridized carbons (Fsp3) is 1.00. The summed E-state index contributed by atoms with van der Waals surface area (Å²) in [7, 11) is 0. The van der Waals surface area contributed by atoms with E-state index in [-0.39, 0.29) is 0 Å². The van der Waals surface area contributed by atoms with Crippen LogP contribution < -0.4 is 5.32 Å². The Morgan fingerprint density at radius 3 is 2.29 bits per heavy atom. The van der Waals surface area contributed by atoms with E-state index in [0.29, 0.717) is 0 Å². The highest BCUT2D eigenvalue weighted by Crippen LogP contribution is 2.32. The van der Waals surface area contributed by atoms with Crippen molar-refractivity contribution in [1.82, 2.24) is 5.32 Å². The van der Waals surface area contributed by atoms with E-state index in [4.69, 9.17) is 0 Å². The molecule has 0 atom stereocenters. The van der Waals surface area contributed by atoms with Gasteiger partial charge < -0.3 is 5.32 Å². The third-order valence-electron chi connectivity index (χ3n) is 3.69. The second-order valence-electron chi connectivity index (χ2n) is 5.23. The Kier molecular flexibility index (Phi) is 5.54. The van der Waals surface area contributed by atoms with Crippen LogP contribution in [0.25, 0.3) is 0 Å². The largest absolute Gasteiger partial charge is 0.316 e. The van der Waals surface area contributed by atoms with E-state index in [1.165, 1.54) is 45.2 Å². The first-order chi connectivity index (χ1) is 6.74. The zero-order valence-electron chi connectivity index (χ0n) is 10.2. The average Bonchev–Trinajstić information content (AvgIpc) is 2.19. The molecular weight excluding hydrogens is 170 g/mol. The van der Waals surface area contributed by atoms with Crippen molar-refractivity contribution in [1.29, 1.82) is 0 Å². The van der Waals surface area contributed by atoms with Gasteiger partial charge in [-0.25, -0.2) is 0 Å². The molecule has 14 heavy (non-hydrogen) atoms. The maximum absolute atomic E-state index is 3.55. The molecule has 1 heteroatoms. The molecule has 1 N–H and O–H groups in total. The Hall–Kier alpha value is -0.0400. The first-order valence-corrected chi connectivity index (χ1v) is 6.44. The topological polar surface area (TPSA) is 12.0 Å². The number of hydrogen-bond donors (Lipinski definition) is 1. The van der Waals surface area contributed by atoms with Crippen molar-refractivity contribution in [2.75, 3.05) is 13.1 Å². The monoisotopic (exact) mass is 197 g/mol. The minimum Gasteiger partial charge on any atom is -0.316 e. The molecule has 0 saturated heterocycles. The third-order valence-corrected chi connectivity index (χ3v) is 3.69. The molecule has 1 aliphatic rings. The lowest BCUT2D eigenvalue weighted by Crippen LogP contribution is -2.28. The zero-order valence-corrected chi connectivity index (χ0v) is 10.2. The molecule has 0 aromatic heterocycles. The summed E-state index contributed by atoms with van der Waals surface area (Å²) in [5, 5.41) is 3.55. The summed E-state index contributed by atoms with van der Waals surface area (Å²) in [5.74, 6) is 2.88. The number of rotatable bonds is 5. The van der Waals surface area contributed by atoms with Crippen LogP contribution in [0.15, 0.2) is 0 Å². The summed E-state index contributed by atoms with van der Waals surface area (Å²) in [5.41, 5.74) is 0. The van der Waals surface area contributed by atoms with Gasteiger partial charge in [-0.05, 0) is 62.9 Å². The molecule has 1 fully saturated rings. The van der Waals surface area contributed by atoms with Crippen LogP contribution in [0.5, 0.6) is 0 Å². The maximum atomic E-state index is 3.55. The first-order valence-electron chi connectivity index (χ1n) is 6.44. The van der Waals surface area contributed by atoms with Crippen LogP contribution in [-0.2, 0) is 0 Å². The highest BCUT2D eigenvalue weighted by Gasteiger charge is 2.22. The summed E-state index contributed by atoms with van der Waals surface area (Å²) in [4.78, 5) is 0. The van der Waals surface area contributed by atoms with Gasteiger partial charge in [0.25, 0.3) is 0 Å². The Morgan fingerprint density at radius 1 is 1.14 bits per heavy atom. The molecule has 0 heterocycles. The lowest BCUT2D eigenvalue weighted by atomic mass is 9.77. The van der Waals surface area contributed by atoms with Gasteiger partial charge in [0, 0.05) is 0 Å². The van der Waals surface area contributed by atoms with Crippen molar-refractivity contribution < 1.29 is 0 Å². The molecule has 1 saturated carbocycles. The van der Waals surface area contributed by atoms with Crippen LogP contribution in [0, 0.1) is 17.8 Å². The SMILES string of the molecule is CCCNCC1CCC(C(C)C)CC1. The van der Waals surface area contributed by atoms with Crippen LogP contribution in [0.2, 0.25) is 0 Å². The zero-order chi connectivity index (χ0) is 10.4. The summed E-state index contributed by atoms with van der Waals surface area (Å²) < 4.78 is 0. The fourth-order valence-electron chi connectivity index (χ4n) is 2.54. The van der Waals surface area contributed by atoms with Crippen LogP contribution >= 0.6 is 0 Å². The highest BCUT2D eigenvalue weighted by atomic mass is 14.8. The van der Waals surface area contributed by atoms with E-state index in [1.54, 1.807) is 0 Å². The van der Waals surface area contributed by atoms with Crippen molar-refractivity contribution in [3.8, 4) is 0 Å². The van der Waals surface area contributed by atoms with Crippen LogP contribution in [0.1, 0.15) is 52.9 Å². The molecule has 0 radical (unpaired) electrons. The smallest absolute Gasteiger partial charge is 0.00205 e. The van der Waals surface area contributed by atoms with Gasteiger partial charge in [0.05, 0.1) is 0 Å². The molecule has 0 unspecified atom stereocenters. The van der Waals surface area contributed by atoms with Crippen molar-refractivity contribution in [2.24, 2.45) is 17.8 Å². The van der Waals surface area contributed by atoms with Crippen molar-refractivity contribution >= 4 is 0 Å². The van der Waals surface area contributed by atoms with E-state index in [1.807, 2.05) is 0 Å². The summed E-state index contributed by atoms with van der Waals surface area (Å²) in [6.07, 6.45) is 7.12.